The summed E-state index contributed by atoms with van der Waals surface area (Å²) in [7, 11) is -0.372. The smallest absolute Gasteiger partial charge is 0.399 e. The van der Waals surface area contributed by atoms with Crippen molar-refractivity contribution < 1.29 is 18.8 Å². The van der Waals surface area contributed by atoms with E-state index in [0.717, 1.165) is 71.2 Å². The van der Waals surface area contributed by atoms with Gasteiger partial charge in [-0.1, -0.05) is 29.8 Å². The van der Waals surface area contributed by atoms with Gasteiger partial charge in [0.2, 0.25) is 0 Å². The van der Waals surface area contributed by atoms with Crippen molar-refractivity contribution in [3.8, 4) is 0 Å². The minimum absolute atomic E-state index is 0.0392. The number of hydrogen-bond donors (Lipinski definition) is 0. The third-order valence-electron chi connectivity index (χ3n) is 8.52. The lowest BCUT2D eigenvalue weighted by atomic mass is 9.77. The maximum absolute atomic E-state index is 6.22. The summed E-state index contributed by atoms with van der Waals surface area (Å²) in [5.41, 5.74) is 2.23. The normalized spacial score (nSPS) is 24.3. The van der Waals surface area contributed by atoms with Crippen molar-refractivity contribution in [2.24, 2.45) is 0 Å². The first-order chi connectivity index (χ1) is 19.2. The molecule has 3 aliphatic heterocycles. The van der Waals surface area contributed by atoms with E-state index in [9.17, 15) is 0 Å². The first-order valence-corrected chi connectivity index (χ1v) is 14.8. The standard InChI is InChI=1S/C18H25BN2O3.C12H13ClN2O/c1-17(2)18(3,4)24-19(23-17)14-8-7-9-15-13(14)12-21(20-15)16-10-5-6-11-22-16;13-10-4-3-5-11-9(10)8-15(14-11)12-6-1-2-7-16-12/h7-9,12,16H,5-6,10-11H2,1-4H3;3-5,8,12H,1-2,6-7H2. The highest BCUT2D eigenvalue weighted by Crippen LogP contribution is 2.37. The Morgan fingerprint density at radius 2 is 1.27 bits per heavy atom. The molecule has 0 bridgehead atoms. The van der Waals surface area contributed by atoms with Crippen LogP contribution in [0.3, 0.4) is 0 Å². The van der Waals surface area contributed by atoms with Gasteiger partial charge in [0.05, 0.1) is 27.3 Å². The summed E-state index contributed by atoms with van der Waals surface area (Å²) in [6.45, 7) is 9.94. The van der Waals surface area contributed by atoms with E-state index < -0.39 is 0 Å². The second kappa shape index (κ2) is 11.1. The molecule has 0 saturated carbocycles. The van der Waals surface area contributed by atoms with Crippen LogP contribution in [0.1, 0.15) is 78.7 Å². The Morgan fingerprint density at radius 1 is 0.750 bits per heavy atom. The maximum atomic E-state index is 6.22. The zero-order valence-corrected chi connectivity index (χ0v) is 24.6. The van der Waals surface area contributed by atoms with Crippen molar-refractivity contribution in [1.29, 1.82) is 0 Å². The number of nitrogens with zero attached hydrogens (tertiary/aromatic N) is 4. The molecule has 8 nitrogen and oxygen atoms in total. The number of fused-ring (bicyclic) bond motifs is 2. The van der Waals surface area contributed by atoms with Crippen LogP contribution < -0.4 is 5.46 Å². The lowest BCUT2D eigenvalue weighted by molar-refractivity contribution is -0.0391. The van der Waals surface area contributed by atoms with Crippen molar-refractivity contribution in [3.05, 3.63) is 53.8 Å². The number of hydrogen-bond acceptors (Lipinski definition) is 6. The van der Waals surface area contributed by atoms with Crippen LogP contribution in [-0.4, -0.2) is 51.1 Å². The van der Waals surface area contributed by atoms with Gasteiger partial charge in [-0.2, -0.15) is 10.2 Å². The molecule has 212 valence electrons. The lowest BCUT2D eigenvalue weighted by Crippen LogP contribution is -2.41. The van der Waals surface area contributed by atoms with Gasteiger partial charge in [0, 0.05) is 36.4 Å². The van der Waals surface area contributed by atoms with E-state index in [4.69, 9.17) is 35.5 Å². The van der Waals surface area contributed by atoms with Crippen LogP contribution in [0.15, 0.2) is 48.8 Å². The first-order valence-electron chi connectivity index (χ1n) is 14.4. The highest BCUT2D eigenvalue weighted by molar-refractivity contribution is 6.65. The van der Waals surface area contributed by atoms with Crippen LogP contribution in [-0.2, 0) is 18.8 Å². The summed E-state index contributed by atoms with van der Waals surface area (Å²) >= 11 is 6.12. The van der Waals surface area contributed by atoms with Crippen LogP contribution in [0.5, 0.6) is 0 Å². The van der Waals surface area contributed by atoms with Crippen molar-refractivity contribution >= 4 is 46.0 Å². The Labute approximate surface area is 241 Å². The minimum Gasteiger partial charge on any atom is -0.399 e. The highest BCUT2D eigenvalue weighted by Gasteiger charge is 2.52. The molecule has 3 aliphatic rings. The molecular formula is C30H38BClN4O4. The van der Waals surface area contributed by atoms with Gasteiger partial charge in [0.25, 0.3) is 0 Å². The molecule has 0 radical (unpaired) electrons. The average Bonchev–Trinajstić information content (AvgIpc) is 3.64. The molecule has 0 N–H and O–H groups in total. The lowest BCUT2D eigenvalue weighted by Gasteiger charge is -2.32. The zero-order chi connectivity index (χ0) is 27.9. The van der Waals surface area contributed by atoms with Crippen LogP contribution in [0, 0.1) is 0 Å². The number of aromatic nitrogens is 4. The Morgan fingerprint density at radius 3 is 1.80 bits per heavy atom. The molecule has 2 unspecified atom stereocenters. The summed E-state index contributed by atoms with van der Waals surface area (Å²) in [6, 6.07) is 11.9. The molecule has 7 rings (SSSR count). The zero-order valence-electron chi connectivity index (χ0n) is 23.8. The Kier molecular flexibility index (Phi) is 7.70. The second-order valence-electron chi connectivity index (χ2n) is 11.9. The SMILES string of the molecule is CC1(C)OB(c2cccc3nn(C4CCCCO4)cc23)OC1(C)C.Clc1cccc2nn(C3CCCCO3)cc12. The summed E-state index contributed by atoms with van der Waals surface area (Å²) in [6.07, 6.45) is 10.9. The van der Waals surface area contributed by atoms with Gasteiger partial charge in [0.15, 0.2) is 0 Å². The van der Waals surface area contributed by atoms with Gasteiger partial charge in [-0.25, -0.2) is 9.36 Å². The van der Waals surface area contributed by atoms with E-state index in [1.807, 2.05) is 45.9 Å². The van der Waals surface area contributed by atoms with Gasteiger partial charge >= 0.3 is 7.12 Å². The molecule has 2 atom stereocenters. The number of rotatable bonds is 3. The largest absolute Gasteiger partial charge is 0.495 e. The predicted octanol–water partition coefficient (Wildman–Crippen LogP) is 6.42. The van der Waals surface area contributed by atoms with Gasteiger partial charge in [-0.3, -0.25) is 0 Å². The fraction of sp³-hybridized carbons (Fsp3) is 0.533. The first kappa shape index (κ1) is 27.7. The maximum Gasteiger partial charge on any atom is 0.495 e. The molecule has 0 spiro atoms. The molecule has 40 heavy (non-hydrogen) atoms. The summed E-state index contributed by atoms with van der Waals surface area (Å²) in [5.74, 6) is 0. The number of ether oxygens (including phenoxy) is 2. The van der Waals surface area contributed by atoms with Gasteiger partial charge in [-0.05, 0) is 89.9 Å². The minimum atomic E-state index is -0.372. The van der Waals surface area contributed by atoms with E-state index in [1.54, 1.807) is 0 Å². The molecule has 0 amide bonds. The average molecular weight is 565 g/mol. The van der Waals surface area contributed by atoms with E-state index in [-0.39, 0.29) is 30.8 Å². The molecule has 10 heteroatoms. The van der Waals surface area contributed by atoms with Crippen LogP contribution >= 0.6 is 11.6 Å². The summed E-state index contributed by atoms with van der Waals surface area (Å²) in [5, 5.41) is 12.0. The van der Waals surface area contributed by atoms with Crippen molar-refractivity contribution in [3.63, 3.8) is 0 Å². The second-order valence-corrected chi connectivity index (χ2v) is 12.3. The highest BCUT2D eigenvalue weighted by atomic mass is 35.5. The Hall–Kier alpha value is -2.43. The Balaban J connectivity index is 0.000000157. The van der Waals surface area contributed by atoms with Crippen molar-refractivity contribution in [2.75, 3.05) is 13.2 Å². The van der Waals surface area contributed by atoms with Gasteiger partial charge in [-0.15, -0.1) is 0 Å². The van der Waals surface area contributed by atoms with Crippen LogP contribution in [0.25, 0.3) is 21.8 Å². The molecule has 2 aromatic heterocycles. The molecule has 5 heterocycles. The molecule has 2 aromatic carbocycles. The van der Waals surface area contributed by atoms with E-state index in [0.29, 0.717) is 0 Å². The monoisotopic (exact) mass is 564 g/mol. The van der Waals surface area contributed by atoms with E-state index in [1.165, 1.54) is 12.8 Å². The molecule has 3 saturated heterocycles. The van der Waals surface area contributed by atoms with Crippen molar-refractivity contribution in [2.45, 2.75) is 89.9 Å². The quantitative estimate of drug-likeness (QED) is 0.267. The molecule has 4 aromatic rings. The Bertz CT molecular complexity index is 1460. The fourth-order valence-electron chi connectivity index (χ4n) is 5.45. The number of benzene rings is 2. The topological polar surface area (TPSA) is 72.6 Å². The third-order valence-corrected chi connectivity index (χ3v) is 8.85. The van der Waals surface area contributed by atoms with Crippen LogP contribution in [0.4, 0.5) is 0 Å². The number of halogens is 1. The summed E-state index contributed by atoms with van der Waals surface area (Å²) < 4.78 is 27.9. The third kappa shape index (κ3) is 5.42. The molecular weight excluding hydrogens is 527 g/mol. The van der Waals surface area contributed by atoms with Gasteiger partial charge < -0.3 is 18.8 Å². The van der Waals surface area contributed by atoms with Gasteiger partial charge in [0.1, 0.15) is 12.5 Å². The fourth-order valence-corrected chi connectivity index (χ4v) is 5.66. The molecule has 3 fully saturated rings. The van der Waals surface area contributed by atoms with Crippen molar-refractivity contribution in [1.82, 2.24) is 19.6 Å². The van der Waals surface area contributed by atoms with E-state index >= 15 is 0 Å². The molecule has 0 aliphatic carbocycles. The predicted molar refractivity (Wildman–Crippen MR) is 158 cm³/mol. The van der Waals surface area contributed by atoms with Crippen LogP contribution in [0.2, 0.25) is 5.02 Å². The van der Waals surface area contributed by atoms with E-state index in [2.05, 4.69) is 45.1 Å². The summed E-state index contributed by atoms with van der Waals surface area (Å²) in [4.78, 5) is 0.